The zero-order valence-corrected chi connectivity index (χ0v) is 8.92. The van der Waals surface area contributed by atoms with Gasteiger partial charge in [-0.1, -0.05) is 5.16 Å². The smallest absolute Gasteiger partial charge is 0.114 e. The molecule has 1 aliphatic rings. The molecule has 1 rings (SSSR count). The summed E-state index contributed by atoms with van der Waals surface area (Å²) in [6, 6.07) is 0.660. The van der Waals surface area contributed by atoms with E-state index in [1.165, 1.54) is 18.6 Å². The first kappa shape index (κ1) is 10.5. The van der Waals surface area contributed by atoms with Crippen molar-refractivity contribution < 1.29 is 4.84 Å². The molecule has 0 aromatic heterocycles. The predicted octanol–water partition coefficient (Wildman–Crippen LogP) is 1.88. The zero-order chi connectivity index (χ0) is 9.68. The van der Waals surface area contributed by atoms with Gasteiger partial charge in [0.2, 0.25) is 0 Å². The fraction of sp³-hybridized carbons (Fsp3) is 0.900. The molecular formula is C10H20N2O. The lowest BCUT2D eigenvalue weighted by atomic mass is 9.93. The van der Waals surface area contributed by atoms with Crippen LogP contribution < -0.4 is 0 Å². The van der Waals surface area contributed by atoms with Gasteiger partial charge in [-0.2, -0.15) is 0 Å². The second-order valence-electron chi connectivity index (χ2n) is 3.79. The second kappa shape index (κ2) is 5.22. The lowest BCUT2D eigenvalue weighted by Crippen LogP contribution is -2.33. The van der Waals surface area contributed by atoms with Gasteiger partial charge in [0, 0.05) is 12.5 Å². The first-order chi connectivity index (χ1) is 6.24. The quantitative estimate of drug-likeness (QED) is 0.626. The first-order valence-electron chi connectivity index (χ1n) is 5.08. The second-order valence-corrected chi connectivity index (χ2v) is 3.79. The Morgan fingerprint density at radius 2 is 2.31 bits per heavy atom. The first-order valence-corrected chi connectivity index (χ1v) is 5.08. The molecule has 0 bridgehead atoms. The SMILES string of the molecule is CCO/N=C1\CCCC(N(C)C)C1. The van der Waals surface area contributed by atoms with Gasteiger partial charge in [0.25, 0.3) is 0 Å². The standard InChI is InChI=1S/C10H20N2O/c1-4-13-11-9-6-5-7-10(8-9)12(2)3/h10H,4-8H2,1-3H3/b11-9+. The molecule has 3 heteroatoms. The molecule has 0 aromatic rings. The van der Waals surface area contributed by atoms with Gasteiger partial charge in [-0.05, 0) is 40.3 Å². The van der Waals surface area contributed by atoms with Crippen molar-refractivity contribution in [1.82, 2.24) is 4.90 Å². The summed E-state index contributed by atoms with van der Waals surface area (Å²) < 4.78 is 0. The van der Waals surface area contributed by atoms with Crippen molar-refractivity contribution in [3.05, 3.63) is 0 Å². The van der Waals surface area contributed by atoms with Gasteiger partial charge in [0.15, 0.2) is 0 Å². The molecule has 0 aromatic carbocycles. The summed E-state index contributed by atoms with van der Waals surface area (Å²) in [5, 5.41) is 4.12. The summed E-state index contributed by atoms with van der Waals surface area (Å²) in [6.07, 6.45) is 4.73. The third kappa shape index (κ3) is 3.35. The van der Waals surface area contributed by atoms with Crippen LogP contribution in [0.4, 0.5) is 0 Å². The maximum absolute atomic E-state index is 5.07. The van der Waals surface area contributed by atoms with Crippen LogP contribution in [0.5, 0.6) is 0 Å². The molecule has 0 amide bonds. The highest BCUT2D eigenvalue weighted by Gasteiger charge is 2.19. The van der Waals surface area contributed by atoms with Crippen LogP contribution in [-0.2, 0) is 4.84 Å². The van der Waals surface area contributed by atoms with E-state index < -0.39 is 0 Å². The van der Waals surface area contributed by atoms with Gasteiger partial charge in [0.05, 0.1) is 5.71 Å². The topological polar surface area (TPSA) is 24.8 Å². The third-order valence-corrected chi connectivity index (χ3v) is 2.53. The summed E-state index contributed by atoms with van der Waals surface area (Å²) in [6.45, 7) is 2.65. The lowest BCUT2D eigenvalue weighted by Gasteiger charge is -2.28. The molecule has 1 fully saturated rings. The Bertz CT molecular complexity index is 178. The minimum Gasteiger partial charge on any atom is -0.396 e. The summed E-state index contributed by atoms with van der Waals surface area (Å²) in [5.41, 5.74) is 1.23. The van der Waals surface area contributed by atoms with Crippen LogP contribution in [0.2, 0.25) is 0 Å². The van der Waals surface area contributed by atoms with Gasteiger partial charge >= 0.3 is 0 Å². The molecule has 1 aliphatic carbocycles. The van der Waals surface area contributed by atoms with Gasteiger partial charge < -0.3 is 9.74 Å². The normalized spacial score (nSPS) is 26.8. The van der Waals surface area contributed by atoms with E-state index in [-0.39, 0.29) is 0 Å². The number of nitrogens with zero attached hydrogens (tertiary/aromatic N) is 2. The van der Waals surface area contributed by atoms with Gasteiger partial charge in [0.1, 0.15) is 6.61 Å². The van der Waals surface area contributed by atoms with Gasteiger partial charge in [-0.25, -0.2) is 0 Å². The highest BCUT2D eigenvalue weighted by molar-refractivity contribution is 5.85. The number of rotatable bonds is 3. The van der Waals surface area contributed by atoms with Crippen LogP contribution in [0.25, 0.3) is 0 Å². The van der Waals surface area contributed by atoms with Crippen LogP contribution in [0, 0.1) is 0 Å². The molecule has 76 valence electrons. The summed E-state index contributed by atoms with van der Waals surface area (Å²) >= 11 is 0. The Hall–Kier alpha value is -0.570. The molecule has 0 saturated heterocycles. The Labute approximate surface area is 80.7 Å². The van der Waals surface area contributed by atoms with Crippen LogP contribution in [0.3, 0.4) is 0 Å². The van der Waals surface area contributed by atoms with E-state index in [1.807, 2.05) is 6.92 Å². The summed E-state index contributed by atoms with van der Waals surface area (Å²) in [4.78, 5) is 7.35. The summed E-state index contributed by atoms with van der Waals surface area (Å²) in [7, 11) is 4.27. The minimum atomic E-state index is 0.660. The number of oxime groups is 1. The number of hydrogen-bond acceptors (Lipinski definition) is 3. The molecule has 0 N–H and O–H groups in total. The highest BCUT2D eigenvalue weighted by atomic mass is 16.6. The third-order valence-electron chi connectivity index (χ3n) is 2.53. The Morgan fingerprint density at radius 1 is 1.54 bits per heavy atom. The van der Waals surface area contributed by atoms with Crippen LogP contribution >= 0.6 is 0 Å². The fourth-order valence-electron chi connectivity index (χ4n) is 1.70. The minimum absolute atomic E-state index is 0.660. The van der Waals surface area contributed by atoms with Crippen molar-refractivity contribution in [3.63, 3.8) is 0 Å². The van der Waals surface area contributed by atoms with E-state index in [2.05, 4.69) is 24.2 Å². The molecule has 1 unspecified atom stereocenters. The van der Waals surface area contributed by atoms with E-state index >= 15 is 0 Å². The highest BCUT2D eigenvalue weighted by Crippen LogP contribution is 2.19. The largest absolute Gasteiger partial charge is 0.396 e. The van der Waals surface area contributed by atoms with E-state index in [0.29, 0.717) is 12.6 Å². The average Bonchev–Trinajstić information content (AvgIpc) is 2.15. The zero-order valence-electron chi connectivity index (χ0n) is 8.92. The fourth-order valence-corrected chi connectivity index (χ4v) is 1.70. The van der Waals surface area contributed by atoms with Crippen LogP contribution in [0.1, 0.15) is 32.6 Å². The molecule has 0 heterocycles. The monoisotopic (exact) mass is 184 g/mol. The predicted molar refractivity (Wildman–Crippen MR) is 55.0 cm³/mol. The molecule has 1 atom stereocenters. The Kier molecular flexibility index (Phi) is 4.22. The van der Waals surface area contributed by atoms with E-state index in [1.54, 1.807) is 0 Å². The Balaban J connectivity index is 2.41. The van der Waals surface area contributed by atoms with E-state index in [9.17, 15) is 0 Å². The molecule has 1 saturated carbocycles. The van der Waals surface area contributed by atoms with Crippen molar-refractivity contribution in [2.24, 2.45) is 5.16 Å². The summed E-state index contributed by atoms with van der Waals surface area (Å²) in [5.74, 6) is 0. The maximum atomic E-state index is 5.07. The van der Waals surface area contributed by atoms with Crippen molar-refractivity contribution in [3.8, 4) is 0 Å². The molecule has 13 heavy (non-hydrogen) atoms. The van der Waals surface area contributed by atoms with Crippen molar-refractivity contribution >= 4 is 5.71 Å². The van der Waals surface area contributed by atoms with Gasteiger partial charge in [-0.3, -0.25) is 0 Å². The number of hydrogen-bond donors (Lipinski definition) is 0. The van der Waals surface area contributed by atoms with E-state index in [0.717, 1.165) is 12.8 Å². The van der Waals surface area contributed by atoms with Crippen molar-refractivity contribution in [2.75, 3.05) is 20.7 Å². The van der Waals surface area contributed by atoms with Gasteiger partial charge in [-0.15, -0.1) is 0 Å². The maximum Gasteiger partial charge on any atom is 0.114 e. The molecule has 0 spiro atoms. The molecule has 0 aliphatic heterocycles. The van der Waals surface area contributed by atoms with Crippen LogP contribution in [-0.4, -0.2) is 37.4 Å². The average molecular weight is 184 g/mol. The lowest BCUT2D eigenvalue weighted by molar-refractivity contribution is 0.154. The molecule has 0 radical (unpaired) electrons. The van der Waals surface area contributed by atoms with Crippen molar-refractivity contribution in [1.29, 1.82) is 0 Å². The van der Waals surface area contributed by atoms with E-state index in [4.69, 9.17) is 4.84 Å². The van der Waals surface area contributed by atoms with Crippen LogP contribution in [0.15, 0.2) is 5.16 Å². The Morgan fingerprint density at radius 3 is 2.92 bits per heavy atom. The molecular weight excluding hydrogens is 164 g/mol. The molecule has 3 nitrogen and oxygen atoms in total. The van der Waals surface area contributed by atoms with Crippen molar-refractivity contribution in [2.45, 2.75) is 38.6 Å².